The Kier molecular flexibility index (Phi) is 2.05. The summed E-state index contributed by atoms with van der Waals surface area (Å²) in [4.78, 5) is 0. The van der Waals surface area contributed by atoms with Crippen LogP contribution in [-0.2, 0) is 0 Å². The zero-order chi connectivity index (χ0) is 12.1. The maximum Gasteiger partial charge on any atom is 0.234 e. The van der Waals surface area contributed by atoms with E-state index in [1.807, 2.05) is 0 Å². The summed E-state index contributed by atoms with van der Waals surface area (Å²) in [6.45, 7) is 2.70. The van der Waals surface area contributed by atoms with Crippen LogP contribution in [0, 0.1) is 6.92 Å². The van der Waals surface area contributed by atoms with Gasteiger partial charge in [0.15, 0.2) is 0 Å². The summed E-state index contributed by atoms with van der Waals surface area (Å²) in [6.07, 6.45) is 11.5. The maximum absolute atomic E-state index is 2.31. The number of allylic oxidation sites excluding steroid dienone is 8. The molecule has 0 saturated heterocycles. The van der Waals surface area contributed by atoms with Crippen LogP contribution in [0.4, 0.5) is 0 Å². The second-order valence-electron chi connectivity index (χ2n) is 5.43. The number of benzene rings is 1. The van der Waals surface area contributed by atoms with E-state index in [1.165, 1.54) is 22.2 Å². The van der Waals surface area contributed by atoms with Gasteiger partial charge in [0, 0.05) is 0 Å². The molecule has 0 spiro atoms. The fourth-order valence-corrected chi connectivity index (χ4v) is 3.49. The molecule has 4 rings (SSSR count). The van der Waals surface area contributed by atoms with Crippen LogP contribution in [0.3, 0.4) is 0 Å². The lowest BCUT2D eigenvalue weighted by Crippen LogP contribution is -2.33. The first-order valence-electron chi connectivity index (χ1n) is 6.71. The quantitative estimate of drug-likeness (QED) is 0.649. The first-order valence-corrected chi connectivity index (χ1v) is 6.71. The SMILES string of the molecule is Cc1ccc(B2C3=C(C=CC3)C3=C2CC=C3)cc1. The molecule has 0 saturated carbocycles. The van der Waals surface area contributed by atoms with Crippen LogP contribution in [0.15, 0.2) is 70.7 Å². The average Bonchev–Trinajstić information content (AvgIpc) is 3.03. The van der Waals surface area contributed by atoms with Crippen molar-refractivity contribution in [2.24, 2.45) is 0 Å². The molecule has 0 bridgehead atoms. The number of aryl methyl sites for hydroxylation is 1. The lowest BCUT2D eigenvalue weighted by atomic mass is 9.36. The van der Waals surface area contributed by atoms with E-state index in [2.05, 4.69) is 55.5 Å². The molecule has 0 radical (unpaired) electrons. The van der Waals surface area contributed by atoms with E-state index in [0.29, 0.717) is 6.71 Å². The Hall–Kier alpha value is -1.76. The molecule has 1 heterocycles. The van der Waals surface area contributed by atoms with Gasteiger partial charge in [-0.1, -0.05) is 70.5 Å². The summed E-state index contributed by atoms with van der Waals surface area (Å²) < 4.78 is 0. The van der Waals surface area contributed by atoms with Crippen molar-refractivity contribution in [1.29, 1.82) is 0 Å². The van der Waals surface area contributed by atoms with Gasteiger partial charge in [-0.3, -0.25) is 0 Å². The third-order valence-corrected chi connectivity index (χ3v) is 4.33. The minimum absolute atomic E-state index is 0.542. The Labute approximate surface area is 108 Å². The molecule has 86 valence electrons. The third-order valence-electron chi connectivity index (χ3n) is 4.33. The van der Waals surface area contributed by atoms with E-state index in [-0.39, 0.29) is 0 Å². The van der Waals surface area contributed by atoms with Crippen molar-refractivity contribution >= 4 is 12.2 Å². The van der Waals surface area contributed by atoms with E-state index in [4.69, 9.17) is 0 Å². The topological polar surface area (TPSA) is 0 Å². The number of fused-ring (bicyclic) bond motifs is 1. The highest BCUT2D eigenvalue weighted by Crippen LogP contribution is 2.42. The number of rotatable bonds is 1. The minimum atomic E-state index is 0.542. The summed E-state index contributed by atoms with van der Waals surface area (Å²) in [5.41, 5.74) is 9.05. The van der Waals surface area contributed by atoms with Crippen molar-refractivity contribution in [2.45, 2.75) is 19.8 Å². The summed E-state index contributed by atoms with van der Waals surface area (Å²) in [5, 5.41) is 0. The van der Waals surface area contributed by atoms with E-state index >= 15 is 0 Å². The molecular formula is C17H15B. The van der Waals surface area contributed by atoms with Gasteiger partial charge < -0.3 is 0 Å². The Morgan fingerprint density at radius 3 is 1.94 bits per heavy atom. The summed E-state index contributed by atoms with van der Waals surface area (Å²) in [7, 11) is 0. The van der Waals surface area contributed by atoms with Crippen LogP contribution in [0.2, 0.25) is 0 Å². The lowest BCUT2D eigenvalue weighted by Gasteiger charge is -2.14. The van der Waals surface area contributed by atoms with Gasteiger partial charge in [-0.25, -0.2) is 0 Å². The largest absolute Gasteiger partial charge is 0.234 e. The molecular weight excluding hydrogens is 215 g/mol. The third kappa shape index (κ3) is 1.28. The van der Waals surface area contributed by atoms with Crippen LogP contribution < -0.4 is 5.46 Å². The van der Waals surface area contributed by atoms with Crippen LogP contribution >= 0.6 is 0 Å². The predicted molar refractivity (Wildman–Crippen MR) is 78.1 cm³/mol. The van der Waals surface area contributed by atoms with Crippen LogP contribution in [-0.4, -0.2) is 6.71 Å². The molecule has 0 atom stereocenters. The first-order chi connectivity index (χ1) is 8.84. The van der Waals surface area contributed by atoms with Crippen molar-refractivity contribution in [3.8, 4) is 0 Å². The molecule has 1 aromatic rings. The minimum Gasteiger partial charge on any atom is -0.0806 e. The maximum atomic E-state index is 2.31. The molecule has 1 heteroatoms. The normalized spacial score (nSPS) is 20.2. The summed E-state index contributed by atoms with van der Waals surface area (Å²) >= 11 is 0. The number of hydrogen-bond acceptors (Lipinski definition) is 0. The molecule has 0 unspecified atom stereocenters. The molecule has 3 aliphatic rings. The molecule has 0 amide bonds. The Morgan fingerprint density at radius 1 is 0.833 bits per heavy atom. The zero-order valence-corrected chi connectivity index (χ0v) is 10.6. The van der Waals surface area contributed by atoms with Gasteiger partial charge >= 0.3 is 0 Å². The van der Waals surface area contributed by atoms with Crippen molar-refractivity contribution in [3.63, 3.8) is 0 Å². The molecule has 0 fully saturated rings. The highest BCUT2D eigenvalue weighted by atomic mass is 14.2. The molecule has 18 heavy (non-hydrogen) atoms. The second kappa shape index (κ2) is 3.62. The summed E-state index contributed by atoms with van der Waals surface area (Å²) in [6, 6.07) is 9.08. The molecule has 0 nitrogen and oxygen atoms in total. The average molecular weight is 230 g/mol. The highest BCUT2D eigenvalue weighted by Gasteiger charge is 2.37. The molecule has 0 N–H and O–H groups in total. The molecule has 2 aliphatic carbocycles. The molecule has 0 aromatic heterocycles. The fraction of sp³-hybridized carbons (Fsp3) is 0.176. The Morgan fingerprint density at radius 2 is 1.39 bits per heavy atom. The smallest absolute Gasteiger partial charge is 0.0806 e. The fourth-order valence-electron chi connectivity index (χ4n) is 3.49. The van der Waals surface area contributed by atoms with Gasteiger partial charge in [0.05, 0.1) is 0 Å². The van der Waals surface area contributed by atoms with Gasteiger partial charge in [0.25, 0.3) is 0 Å². The van der Waals surface area contributed by atoms with Gasteiger partial charge in [-0.05, 0) is 30.9 Å². The second-order valence-corrected chi connectivity index (χ2v) is 5.43. The number of hydrogen-bond donors (Lipinski definition) is 0. The van der Waals surface area contributed by atoms with E-state index in [0.717, 1.165) is 12.8 Å². The van der Waals surface area contributed by atoms with E-state index in [9.17, 15) is 0 Å². The van der Waals surface area contributed by atoms with Gasteiger partial charge in [-0.15, -0.1) is 0 Å². The Bertz CT molecular complexity index is 603. The van der Waals surface area contributed by atoms with E-state index < -0.39 is 0 Å². The zero-order valence-electron chi connectivity index (χ0n) is 10.6. The highest BCUT2D eigenvalue weighted by molar-refractivity contribution is 6.87. The Balaban J connectivity index is 1.85. The van der Waals surface area contributed by atoms with Crippen LogP contribution in [0.5, 0.6) is 0 Å². The summed E-state index contributed by atoms with van der Waals surface area (Å²) in [5.74, 6) is 0. The van der Waals surface area contributed by atoms with Crippen LogP contribution in [0.25, 0.3) is 0 Å². The van der Waals surface area contributed by atoms with Crippen molar-refractivity contribution in [2.75, 3.05) is 0 Å². The molecule has 1 aromatic carbocycles. The van der Waals surface area contributed by atoms with E-state index in [1.54, 1.807) is 10.9 Å². The van der Waals surface area contributed by atoms with Crippen LogP contribution in [0.1, 0.15) is 18.4 Å². The van der Waals surface area contributed by atoms with Crippen molar-refractivity contribution in [1.82, 2.24) is 0 Å². The van der Waals surface area contributed by atoms with Gasteiger partial charge in [-0.2, -0.15) is 0 Å². The van der Waals surface area contributed by atoms with Gasteiger partial charge in [0.2, 0.25) is 6.71 Å². The predicted octanol–water partition coefficient (Wildman–Crippen LogP) is 3.30. The monoisotopic (exact) mass is 230 g/mol. The lowest BCUT2D eigenvalue weighted by molar-refractivity contribution is 1.35. The van der Waals surface area contributed by atoms with Gasteiger partial charge in [0.1, 0.15) is 0 Å². The molecule has 1 aliphatic heterocycles. The standard InChI is InChI=1S/C17H15B/c1-12-8-10-13(11-9-12)18-16-6-2-4-14(16)15-5-3-7-17(15)18/h2-5,8-11H,6-7H2,1H3. The van der Waals surface area contributed by atoms with Crippen molar-refractivity contribution in [3.05, 3.63) is 76.2 Å². The van der Waals surface area contributed by atoms with Crippen molar-refractivity contribution < 1.29 is 0 Å². The first kappa shape index (κ1) is 10.2.